The van der Waals surface area contributed by atoms with Crippen LogP contribution in [0.25, 0.3) is 0 Å². The third kappa shape index (κ3) is 2.98. The van der Waals surface area contributed by atoms with Crippen LogP contribution in [0, 0.1) is 6.92 Å². The van der Waals surface area contributed by atoms with Gasteiger partial charge in [0, 0.05) is 17.6 Å². The van der Waals surface area contributed by atoms with E-state index in [9.17, 15) is 0 Å². The van der Waals surface area contributed by atoms with Crippen molar-refractivity contribution >= 4 is 11.6 Å². The van der Waals surface area contributed by atoms with Crippen LogP contribution >= 0.6 is 0 Å². The van der Waals surface area contributed by atoms with E-state index in [2.05, 4.69) is 15.3 Å². The quantitative estimate of drug-likeness (QED) is 0.741. The minimum atomic E-state index is 0.735. The molecule has 0 atom stereocenters. The summed E-state index contributed by atoms with van der Waals surface area (Å²) in [6.07, 6.45) is 1.79. The summed E-state index contributed by atoms with van der Waals surface area (Å²) in [5.41, 5.74) is 1.98. The number of H-pyrrole nitrogens is 1. The molecule has 2 aromatic carbocycles. The lowest BCUT2D eigenvalue weighted by molar-refractivity contribution is 0.483. The SMILES string of the molecule is Cc1cnc(Nc2ccc(Oc3ccccc3)cc2)[nH]1. The number of aromatic nitrogens is 2. The fourth-order valence-corrected chi connectivity index (χ4v) is 1.84. The fourth-order valence-electron chi connectivity index (χ4n) is 1.84. The van der Waals surface area contributed by atoms with Crippen LogP contribution in [0.2, 0.25) is 0 Å². The molecule has 3 aromatic rings. The number of para-hydroxylation sites is 1. The van der Waals surface area contributed by atoms with Crippen molar-refractivity contribution in [3.63, 3.8) is 0 Å². The van der Waals surface area contributed by atoms with E-state index < -0.39 is 0 Å². The van der Waals surface area contributed by atoms with Gasteiger partial charge in [-0.15, -0.1) is 0 Å². The molecule has 3 rings (SSSR count). The number of nitrogens with one attached hydrogen (secondary N) is 2. The normalized spacial score (nSPS) is 10.2. The monoisotopic (exact) mass is 265 g/mol. The van der Waals surface area contributed by atoms with Gasteiger partial charge >= 0.3 is 0 Å². The van der Waals surface area contributed by atoms with Crippen molar-refractivity contribution < 1.29 is 4.74 Å². The van der Waals surface area contributed by atoms with Crippen molar-refractivity contribution in [2.24, 2.45) is 0 Å². The molecule has 1 heterocycles. The number of rotatable bonds is 4. The summed E-state index contributed by atoms with van der Waals surface area (Å²) in [7, 11) is 0. The molecule has 4 nitrogen and oxygen atoms in total. The highest BCUT2D eigenvalue weighted by Gasteiger charge is 2.00. The summed E-state index contributed by atoms with van der Waals surface area (Å²) in [4.78, 5) is 7.33. The van der Waals surface area contributed by atoms with E-state index in [0.717, 1.165) is 28.8 Å². The van der Waals surface area contributed by atoms with Gasteiger partial charge in [-0.1, -0.05) is 18.2 Å². The number of imidazole rings is 1. The van der Waals surface area contributed by atoms with E-state index in [1.54, 1.807) is 6.20 Å². The molecular formula is C16H15N3O. The molecule has 20 heavy (non-hydrogen) atoms. The first kappa shape index (κ1) is 12.3. The topological polar surface area (TPSA) is 49.9 Å². The minimum Gasteiger partial charge on any atom is -0.457 e. The first-order valence-corrected chi connectivity index (χ1v) is 6.41. The average Bonchev–Trinajstić information content (AvgIpc) is 2.88. The molecule has 100 valence electrons. The highest BCUT2D eigenvalue weighted by molar-refractivity contribution is 5.55. The predicted molar refractivity (Wildman–Crippen MR) is 79.6 cm³/mol. The zero-order chi connectivity index (χ0) is 13.8. The van der Waals surface area contributed by atoms with E-state index in [-0.39, 0.29) is 0 Å². The summed E-state index contributed by atoms with van der Waals surface area (Å²) in [6, 6.07) is 17.5. The Balaban J connectivity index is 1.68. The maximum atomic E-state index is 5.74. The molecule has 0 radical (unpaired) electrons. The number of hydrogen-bond acceptors (Lipinski definition) is 3. The van der Waals surface area contributed by atoms with Crippen LogP contribution in [0.5, 0.6) is 11.5 Å². The maximum absolute atomic E-state index is 5.74. The number of aryl methyl sites for hydroxylation is 1. The van der Waals surface area contributed by atoms with Gasteiger partial charge in [0.15, 0.2) is 0 Å². The van der Waals surface area contributed by atoms with Crippen molar-refractivity contribution in [1.82, 2.24) is 9.97 Å². The van der Waals surface area contributed by atoms with Crippen LogP contribution < -0.4 is 10.1 Å². The van der Waals surface area contributed by atoms with E-state index in [4.69, 9.17) is 4.74 Å². The molecule has 0 fully saturated rings. The van der Waals surface area contributed by atoms with Crippen LogP contribution in [0.1, 0.15) is 5.69 Å². The molecule has 4 heteroatoms. The maximum Gasteiger partial charge on any atom is 0.204 e. The second-order valence-electron chi connectivity index (χ2n) is 4.48. The Morgan fingerprint density at radius 1 is 0.950 bits per heavy atom. The van der Waals surface area contributed by atoms with Gasteiger partial charge in [0.1, 0.15) is 11.5 Å². The van der Waals surface area contributed by atoms with Gasteiger partial charge in [-0.3, -0.25) is 0 Å². The van der Waals surface area contributed by atoms with E-state index in [0.29, 0.717) is 0 Å². The number of nitrogens with zero attached hydrogens (tertiary/aromatic N) is 1. The number of benzene rings is 2. The lowest BCUT2D eigenvalue weighted by atomic mass is 10.3. The molecule has 0 saturated carbocycles. The molecule has 0 aliphatic carbocycles. The second kappa shape index (κ2) is 5.48. The van der Waals surface area contributed by atoms with E-state index in [1.807, 2.05) is 61.5 Å². The van der Waals surface area contributed by atoms with Gasteiger partial charge in [-0.05, 0) is 43.3 Å². The molecule has 0 bridgehead atoms. The Labute approximate surface area is 117 Å². The van der Waals surface area contributed by atoms with Crippen molar-refractivity contribution in [3.8, 4) is 11.5 Å². The van der Waals surface area contributed by atoms with Gasteiger partial charge in [0.25, 0.3) is 0 Å². The molecule has 0 spiro atoms. The van der Waals surface area contributed by atoms with Crippen molar-refractivity contribution in [2.75, 3.05) is 5.32 Å². The van der Waals surface area contributed by atoms with Gasteiger partial charge in [-0.25, -0.2) is 4.98 Å². The molecule has 2 N–H and O–H groups in total. The molecule has 0 aliphatic rings. The first-order valence-electron chi connectivity index (χ1n) is 6.41. The van der Waals surface area contributed by atoms with Crippen LogP contribution in [-0.4, -0.2) is 9.97 Å². The Morgan fingerprint density at radius 3 is 2.30 bits per heavy atom. The highest BCUT2D eigenvalue weighted by atomic mass is 16.5. The molecular weight excluding hydrogens is 250 g/mol. The zero-order valence-corrected chi connectivity index (χ0v) is 11.1. The van der Waals surface area contributed by atoms with Gasteiger partial charge in [0.05, 0.1) is 0 Å². The summed E-state index contributed by atoms with van der Waals surface area (Å²) < 4.78 is 5.74. The lowest BCUT2D eigenvalue weighted by Gasteiger charge is -2.07. The van der Waals surface area contributed by atoms with Crippen LogP contribution in [0.4, 0.5) is 11.6 Å². The van der Waals surface area contributed by atoms with Crippen molar-refractivity contribution in [3.05, 3.63) is 66.5 Å². The Morgan fingerprint density at radius 2 is 1.65 bits per heavy atom. The van der Waals surface area contributed by atoms with Crippen LogP contribution in [0.3, 0.4) is 0 Å². The summed E-state index contributed by atoms with van der Waals surface area (Å²) in [5.74, 6) is 2.37. The third-order valence-corrected chi connectivity index (χ3v) is 2.80. The standard InChI is InChI=1S/C16H15N3O/c1-12-11-17-16(18-12)19-13-7-9-15(10-8-13)20-14-5-3-2-4-6-14/h2-11H,1H3,(H2,17,18,19). The van der Waals surface area contributed by atoms with Crippen molar-refractivity contribution in [2.45, 2.75) is 6.92 Å². The molecule has 0 aliphatic heterocycles. The van der Waals surface area contributed by atoms with E-state index >= 15 is 0 Å². The molecule has 1 aromatic heterocycles. The molecule has 0 saturated heterocycles. The first-order chi connectivity index (χ1) is 9.79. The third-order valence-electron chi connectivity index (χ3n) is 2.80. The Hall–Kier alpha value is -2.75. The number of hydrogen-bond donors (Lipinski definition) is 2. The van der Waals surface area contributed by atoms with Gasteiger partial charge < -0.3 is 15.0 Å². The van der Waals surface area contributed by atoms with Gasteiger partial charge in [0.2, 0.25) is 5.95 Å². The van der Waals surface area contributed by atoms with Gasteiger partial charge in [-0.2, -0.15) is 0 Å². The summed E-state index contributed by atoms with van der Waals surface area (Å²) in [6.45, 7) is 1.97. The average molecular weight is 265 g/mol. The van der Waals surface area contributed by atoms with E-state index in [1.165, 1.54) is 0 Å². The predicted octanol–water partition coefficient (Wildman–Crippen LogP) is 4.25. The smallest absolute Gasteiger partial charge is 0.204 e. The number of anilines is 2. The Kier molecular flexibility index (Phi) is 3.37. The fraction of sp³-hybridized carbons (Fsp3) is 0.0625. The number of aromatic amines is 1. The van der Waals surface area contributed by atoms with Crippen LogP contribution in [0.15, 0.2) is 60.8 Å². The summed E-state index contributed by atoms with van der Waals surface area (Å²) >= 11 is 0. The largest absolute Gasteiger partial charge is 0.457 e. The van der Waals surface area contributed by atoms with Crippen molar-refractivity contribution in [1.29, 1.82) is 0 Å². The second-order valence-corrected chi connectivity index (χ2v) is 4.48. The zero-order valence-electron chi connectivity index (χ0n) is 11.1. The molecule has 0 unspecified atom stereocenters. The highest BCUT2D eigenvalue weighted by Crippen LogP contribution is 2.23. The summed E-state index contributed by atoms with van der Waals surface area (Å²) in [5, 5.41) is 3.19. The van der Waals surface area contributed by atoms with Crippen LogP contribution in [-0.2, 0) is 0 Å². The Bertz CT molecular complexity index is 674. The lowest BCUT2D eigenvalue weighted by Crippen LogP contribution is -1.92. The minimum absolute atomic E-state index is 0.735. The number of ether oxygens (including phenoxy) is 1. The molecule has 0 amide bonds.